The second-order valence-electron chi connectivity index (χ2n) is 6.42. The Kier molecular flexibility index (Phi) is 6.73. The zero-order valence-corrected chi connectivity index (χ0v) is 15.1. The molecular weight excluding hydrogens is 299 g/mol. The Morgan fingerprint density at radius 1 is 1.38 bits per heavy atom. The van der Waals surface area contributed by atoms with Crippen molar-refractivity contribution >= 4 is 24.9 Å². The molecule has 0 radical (unpaired) electrons. The second-order valence-corrected chi connectivity index (χ2v) is 6.42. The summed E-state index contributed by atoms with van der Waals surface area (Å²) >= 11 is 0. The number of ether oxygens (including phenoxy) is 1. The van der Waals surface area contributed by atoms with Crippen LogP contribution in [0.2, 0.25) is 6.82 Å². The topological polar surface area (TPSA) is 65.6 Å². The van der Waals surface area contributed by atoms with E-state index >= 15 is 0 Å². The minimum absolute atomic E-state index is 0.670. The lowest BCUT2D eigenvalue weighted by Gasteiger charge is -2.24. The molecule has 0 saturated carbocycles. The number of hydrogen-bond acceptors (Lipinski definition) is 5. The van der Waals surface area contributed by atoms with Crippen LogP contribution in [0.15, 0.2) is 23.7 Å². The van der Waals surface area contributed by atoms with E-state index in [1.54, 1.807) is 0 Å². The Morgan fingerprint density at radius 3 is 2.67 bits per heavy atom. The number of nitrogens with one attached hydrogen (secondary N) is 1. The highest BCUT2D eigenvalue weighted by atomic mass is 16.5. The van der Waals surface area contributed by atoms with Gasteiger partial charge in [-0.2, -0.15) is 0 Å². The smallest absolute Gasteiger partial charge is 0.159 e. The van der Waals surface area contributed by atoms with E-state index < -0.39 is 0 Å². The van der Waals surface area contributed by atoms with Gasteiger partial charge >= 0.3 is 0 Å². The Hall–Kier alpha value is -1.95. The Bertz CT molecular complexity index is 595. The van der Waals surface area contributed by atoms with E-state index in [2.05, 4.69) is 11.7 Å². The van der Waals surface area contributed by atoms with Crippen molar-refractivity contribution in [2.24, 2.45) is 0 Å². The van der Waals surface area contributed by atoms with E-state index in [-0.39, 0.29) is 0 Å². The van der Waals surface area contributed by atoms with Crippen LogP contribution in [0.4, 0.5) is 5.69 Å². The van der Waals surface area contributed by atoms with Gasteiger partial charge in [-0.05, 0) is 49.6 Å². The molecule has 130 valence electrons. The van der Waals surface area contributed by atoms with Crippen LogP contribution in [-0.4, -0.2) is 63.6 Å². The molecule has 0 unspecified atom stereocenters. The number of nitrogen functional groups attached to an aromatic ring is 1. The summed E-state index contributed by atoms with van der Waals surface area (Å²) in [6.07, 6.45) is 4.01. The van der Waals surface area contributed by atoms with Crippen molar-refractivity contribution in [1.29, 1.82) is 5.41 Å². The molecule has 0 aliphatic carbocycles. The lowest BCUT2D eigenvalue weighted by atomic mass is 9.71. The highest BCUT2D eigenvalue weighted by Crippen LogP contribution is 2.31. The molecule has 0 spiro atoms. The molecule has 1 aliphatic heterocycles. The van der Waals surface area contributed by atoms with Gasteiger partial charge in [0.05, 0.1) is 0 Å². The lowest BCUT2D eigenvalue weighted by Crippen LogP contribution is -2.25. The standard InChI is InChI=1S/C18H29BN4O/c1-19-16(13-20)18(22(2)3)15-12-14(21)6-7-17(15)24-11-10-23-8-4-5-9-23/h6-7,12-13,19-20H,4-5,8-11,21H2,1-3H3/b18-16+,20-13?. The first kappa shape index (κ1) is 18.4. The number of nitrogens with zero attached hydrogens (tertiary/aromatic N) is 2. The van der Waals surface area contributed by atoms with Gasteiger partial charge in [0.15, 0.2) is 7.28 Å². The van der Waals surface area contributed by atoms with Crippen molar-refractivity contribution in [3.8, 4) is 5.75 Å². The van der Waals surface area contributed by atoms with Crippen LogP contribution in [0, 0.1) is 5.41 Å². The van der Waals surface area contributed by atoms with Crippen molar-refractivity contribution in [1.82, 2.24) is 9.80 Å². The zero-order chi connectivity index (χ0) is 17.5. The average molecular weight is 328 g/mol. The monoisotopic (exact) mass is 328 g/mol. The van der Waals surface area contributed by atoms with Gasteiger partial charge < -0.3 is 20.8 Å². The summed E-state index contributed by atoms with van der Waals surface area (Å²) in [7, 11) is 4.77. The molecule has 0 bridgehead atoms. The maximum atomic E-state index is 7.72. The van der Waals surface area contributed by atoms with Crippen LogP contribution in [0.5, 0.6) is 5.75 Å². The van der Waals surface area contributed by atoms with Gasteiger partial charge in [-0.25, -0.2) is 0 Å². The SMILES string of the molecule is CB/C(C=N)=C(\c1cc(N)ccc1OCCN1CCCC1)N(C)C. The molecule has 24 heavy (non-hydrogen) atoms. The van der Waals surface area contributed by atoms with E-state index in [1.165, 1.54) is 32.1 Å². The fraction of sp³-hybridized carbons (Fsp3) is 0.500. The fourth-order valence-corrected chi connectivity index (χ4v) is 3.19. The van der Waals surface area contributed by atoms with E-state index in [4.69, 9.17) is 15.9 Å². The maximum Gasteiger partial charge on any atom is 0.159 e. The predicted molar refractivity (Wildman–Crippen MR) is 104 cm³/mol. The zero-order valence-electron chi connectivity index (χ0n) is 15.1. The summed E-state index contributed by atoms with van der Waals surface area (Å²) in [6.45, 7) is 6.03. The fourth-order valence-electron chi connectivity index (χ4n) is 3.19. The molecule has 3 N–H and O–H groups in total. The van der Waals surface area contributed by atoms with Crippen LogP contribution >= 0.6 is 0 Å². The van der Waals surface area contributed by atoms with Gasteiger partial charge in [-0.3, -0.25) is 4.90 Å². The van der Waals surface area contributed by atoms with E-state index in [9.17, 15) is 0 Å². The van der Waals surface area contributed by atoms with Crippen LogP contribution in [-0.2, 0) is 0 Å². The van der Waals surface area contributed by atoms with E-state index in [1.807, 2.05) is 37.2 Å². The molecule has 1 aromatic carbocycles. The van der Waals surface area contributed by atoms with Gasteiger partial charge in [-0.1, -0.05) is 6.82 Å². The Balaban J connectivity index is 2.25. The highest BCUT2D eigenvalue weighted by molar-refractivity contribution is 6.52. The molecular formula is C18H29BN4O. The molecule has 2 rings (SSSR count). The first-order valence-electron chi connectivity index (χ1n) is 8.72. The minimum Gasteiger partial charge on any atom is -0.492 e. The largest absolute Gasteiger partial charge is 0.492 e. The highest BCUT2D eigenvalue weighted by Gasteiger charge is 2.16. The molecule has 0 aromatic heterocycles. The Labute approximate surface area is 146 Å². The predicted octanol–water partition coefficient (Wildman–Crippen LogP) is 2.11. The molecule has 1 aromatic rings. The molecule has 0 amide bonds. The van der Waals surface area contributed by atoms with Crippen molar-refractivity contribution in [3.63, 3.8) is 0 Å². The molecule has 0 atom stereocenters. The third-order valence-electron chi connectivity index (χ3n) is 4.43. The van der Waals surface area contributed by atoms with Gasteiger partial charge in [0.1, 0.15) is 12.4 Å². The van der Waals surface area contributed by atoms with E-state index in [0.717, 1.165) is 36.3 Å². The van der Waals surface area contributed by atoms with Crippen molar-refractivity contribution in [2.45, 2.75) is 19.7 Å². The van der Waals surface area contributed by atoms with Gasteiger partial charge in [0, 0.05) is 43.8 Å². The van der Waals surface area contributed by atoms with Gasteiger partial charge in [0.2, 0.25) is 0 Å². The second kappa shape index (κ2) is 8.78. The summed E-state index contributed by atoms with van der Waals surface area (Å²) in [5.74, 6) is 0.833. The number of nitrogens with two attached hydrogens (primary N) is 1. The normalized spacial score (nSPS) is 15.8. The average Bonchev–Trinajstić information content (AvgIpc) is 3.07. The first-order valence-corrected chi connectivity index (χ1v) is 8.72. The Morgan fingerprint density at radius 2 is 2.08 bits per heavy atom. The number of allylic oxidation sites excluding steroid dienone is 1. The summed E-state index contributed by atoms with van der Waals surface area (Å²) < 4.78 is 6.09. The van der Waals surface area contributed by atoms with Crippen molar-refractivity contribution in [3.05, 3.63) is 29.2 Å². The molecule has 1 heterocycles. The molecule has 5 nitrogen and oxygen atoms in total. The van der Waals surface area contributed by atoms with Gasteiger partial charge in [0.25, 0.3) is 0 Å². The summed E-state index contributed by atoms with van der Waals surface area (Å²) in [5, 5.41) is 7.72. The van der Waals surface area contributed by atoms with Crippen molar-refractivity contribution < 1.29 is 4.74 Å². The van der Waals surface area contributed by atoms with E-state index in [0.29, 0.717) is 12.3 Å². The number of anilines is 1. The summed E-state index contributed by atoms with van der Waals surface area (Å²) in [4.78, 5) is 4.47. The molecule has 1 aliphatic rings. The number of rotatable bonds is 8. The summed E-state index contributed by atoms with van der Waals surface area (Å²) in [6, 6.07) is 5.76. The van der Waals surface area contributed by atoms with Gasteiger partial charge in [-0.15, -0.1) is 0 Å². The van der Waals surface area contributed by atoms with Crippen LogP contribution in [0.3, 0.4) is 0 Å². The van der Waals surface area contributed by atoms with Crippen LogP contribution in [0.1, 0.15) is 18.4 Å². The number of hydrogen-bond donors (Lipinski definition) is 2. The summed E-state index contributed by atoms with van der Waals surface area (Å²) in [5.41, 5.74) is 9.64. The lowest BCUT2D eigenvalue weighted by molar-refractivity contribution is 0.237. The third kappa shape index (κ3) is 4.54. The maximum absolute atomic E-state index is 7.72. The number of likely N-dealkylation sites (tertiary alicyclic amines) is 1. The van der Waals surface area contributed by atoms with Crippen molar-refractivity contribution in [2.75, 3.05) is 46.1 Å². The van der Waals surface area contributed by atoms with Crippen LogP contribution < -0.4 is 10.5 Å². The third-order valence-corrected chi connectivity index (χ3v) is 4.43. The minimum atomic E-state index is 0.670. The molecule has 1 saturated heterocycles. The molecule has 6 heteroatoms. The first-order chi connectivity index (χ1) is 11.6. The quantitative estimate of drug-likeness (QED) is 0.436. The number of benzene rings is 1. The van der Waals surface area contributed by atoms with Crippen LogP contribution in [0.25, 0.3) is 5.70 Å². The molecule has 1 fully saturated rings.